The zero-order valence-corrected chi connectivity index (χ0v) is 17.2. The van der Waals surface area contributed by atoms with Crippen LogP contribution >= 0.6 is 0 Å². The molecule has 0 saturated carbocycles. The van der Waals surface area contributed by atoms with Crippen molar-refractivity contribution in [2.24, 2.45) is 0 Å². The highest BCUT2D eigenvalue weighted by Crippen LogP contribution is 2.37. The van der Waals surface area contributed by atoms with Crippen LogP contribution in [0.2, 0.25) is 0 Å². The molecule has 1 heterocycles. The number of hydrogen-bond acceptors (Lipinski definition) is 5. The molecule has 0 bridgehead atoms. The molecule has 2 rings (SSSR count). The third-order valence-corrected chi connectivity index (χ3v) is 5.36. The highest BCUT2D eigenvalue weighted by molar-refractivity contribution is 5.96. The second kappa shape index (κ2) is 10.0. The lowest BCUT2D eigenvalue weighted by Gasteiger charge is -2.40. The Morgan fingerprint density at radius 3 is 2.31 bits per heavy atom. The summed E-state index contributed by atoms with van der Waals surface area (Å²) in [5.74, 6) is -1.25. The average molecular weight is 403 g/mol. The summed E-state index contributed by atoms with van der Waals surface area (Å²) < 4.78 is 5.29. The smallest absolute Gasteiger partial charge is 0.321 e. The SMILES string of the molecule is CC[C@@H](C)NC(=O)NC(=O)COC(=O)C1(c2ccccc2)CCN(C(C)=O)CC1. The number of nitrogens with one attached hydrogen (secondary N) is 2. The van der Waals surface area contributed by atoms with Gasteiger partial charge in [-0.3, -0.25) is 19.7 Å². The van der Waals surface area contributed by atoms with Crippen LogP contribution in [0.5, 0.6) is 0 Å². The van der Waals surface area contributed by atoms with Gasteiger partial charge in [-0.15, -0.1) is 0 Å². The molecule has 0 spiro atoms. The minimum atomic E-state index is -0.924. The fourth-order valence-corrected chi connectivity index (χ4v) is 3.37. The fourth-order valence-electron chi connectivity index (χ4n) is 3.37. The Morgan fingerprint density at radius 2 is 1.76 bits per heavy atom. The van der Waals surface area contributed by atoms with E-state index in [4.69, 9.17) is 4.74 Å². The molecular weight excluding hydrogens is 374 g/mol. The molecule has 1 aromatic carbocycles. The van der Waals surface area contributed by atoms with Crippen LogP contribution in [0.25, 0.3) is 0 Å². The van der Waals surface area contributed by atoms with Gasteiger partial charge in [-0.05, 0) is 31.7 Å². The van der Waals surface area contributed by atoms with Gasteiger partial charge in [-0.1, -0.05) is 37.3 Å². The zero-order valence-electron chi connectivity index (χ0n) is 17.2. The van der Waals surface area contributed by atoms with E-state index >= 15 is 0 Å². The number of hydrogen-bond donors (Lipinski definition) is 2. The van der Waals surface area contributed by atoms with Crippen molar-refractivity contribution in [3.63, 3.8) is 0 Å². The maximum atomic E-state index is 13.0. The standard InChI is InChI=1S/C21H29N3O5/c1-4-15(2)22-20(28)23-18(26)14-29-19(27)21(17-8-6-5-7-9-17)10-12-24(13-11-21)16(3)25/h5-9,15H,4,10-14H2,1-3H3,(H2,22,23,26,28)/t15-/m1/s1. The first-order valence-electron chi connectivity index (χ1n) is 9.87. The highest BCUT2D eigenvalue weighted by Gasteiger charge is 2.44. The minimum Gasteiger partial charge on any atom is -0.455 e. The molecule has 2 N–H and O–H groups in total. The summed E-state index contributed by atoms with van der Waals surface area (Å²) in [5, 5.41) is 4.77. The Labute approximate surface area is 171 Å². The molecule has 158 valence electrons. The van der Waals surface area contributed by atoms with Crippen LogP contribution in [-0.4, -0.2) is 54.5 Å². The van der Waals surface area contributed by atoms with Crippen LogP contribution < -0.4 is 10.6 Å². The number of ether oxygens (including phenoxy) is 1. The van der Waals surface area contributed by atoms with E-state index in [1.807, 2.05) is 44.2 Å². The molecule has 4 amide bonds. The van der Waals surface area contributed by atoms with Gasteiger partial charge in [0.05, 0.1) is 5.41 Å². The van der Waals surface area contributed by atoms with E-state index in [2.05, 4.69) is 10.6 Å². The third kappa shape index (κ3) is 5.79. The Kier molecular flexibility index (Phi) is 7.75. The number of piperidine rings is 1. The summed E-state index contributed by atoms with van der Waals surface area (Å²) in [4.78, 5) is 50.1. The van der Waals surface area contributed by atoms with E-state index in [1.54, 1.807) is 4.90 Å². The second-order valence-corrected chi connectivity index (χ2v) is 7.36. The van der Waals surface area contributed by atoms with Crippen LogP contribution in [0, 0.1) is 0 Å². The van der Waals surface area contributed by atoms with Crippen LogP contribution in [0.1, 0.15) is 45.6 Å². The number of carbonyl (C=O) groups is 4. The summed E-state index contributed by atoms with van der Waals surface area (Å²) in [7, 11) is 0. The average Bonchev–Trinajstić information content (AvgIpc) is 2.72. The summed E-state index contributed by atoms with van der Waals surface area (Å²) in [6, 6.07) is 8.55. The normalized spacial score (nSPS) is 16.4. The van der Waals surface area contributed by atoms with Crippen molar-refractivity contribution in [3.05, 3.63) is 35.9 Å². The van der Waals surface area contributed by atoms with E-state index in [1.165, 1.54) is 6.92 Å². The lowest BCUT2D eigenvalue weighted by molar-refractivity contribution is -0.157. The van der Waals surface area contributed by atoms with Crippen molar-refractivity contribution >= 4 is 23.8 Å². The van der Waals surface area contributed by atoms with Gasteiger partial charge in [-0.25, -0.2) is 4.79 Å². The molecule has 1 aromatic rings. The molecule has 1 atom stereocenters. The first kappa shape index (κ1) is 22.4. The molecule has 29 heavy (non-hydrogen) atoms. The topological polar surface area (TPSA) is 105 Å². The number of carbonyl (C=O) groups excluding carboxylic acids is 4. The second-order valence-electron chi connectivity index (χ2n) is 7.36. The van der Waals surface area contributed by atoms with Gasteiger partial charge >= 0.3 is 12.0 Å². The van der Waals surface area contributed by atoms with Crippen molar-refractivity contribution in [1.82, 2.24) is 15.5 Å². The van der Waals surface area contributed by atoms with Crippen LogP contribution in [0.15, 0.2) is 30.3 Å². The summed E-state index contributed by atoms with van der Waals surface area (Å²) in [6.07, 6.45) is 1.55. The van der Waals surface area contributed by atoms with Gasteiger partial charge in [0.25, 0.3) is 5.91 Å². The Morgan fingerprint density at radius 1 is 1.14 bits per heavy atom. The molecule has 0 aliphatic carbocycles. The van der Waals surface area contributed by atoms with E-state index < -0.39 is 29.9 Å². The van der Waals surface area contributed by atoms with Gasteiger partial charge in [0, 0.05) is 26.1 Å². The van der Waals surface area contributed by atoms with E-state index in [0.29, 0.717) is 25.9 Å². The lowest BCUT2D eigenvalue weighted by atomic mass is 9.72. The Balaban J connectivity index is 2.03. The molecule has 1 aliphatic rings. The number of imide groups is 1. The molecule has 0 unspecified atom stereocenters. The van der Waals surface area contributed by atoms with Gasteiger partial charge in [0.2, 0.25) is 5.91 Å². The first-order chi connectivity index (χ1) is 13.8. The van der Waals surface area contributed by atoms with E-state index in [-0.39, 0.29) is 11.9 Å². The summed E-state index contributed by atoms with van der Waals surface area (Å²) >= 11 is 0. The molecule has 1 saturated heterocycles. The number of urea groups is 1. The van der Waals surface area contributed by atoms with E-state index in [9.17, 15) is 19.2 Å². The van der Waals surface area contributed by atoms with Crippen LogP contribution in [-0.2, 0) is 24.5 Å². The maximum absolute atomic E-state index is 13.0. The van der Waals surface area contributed by atoms with Gasteiger partial charge < -0.3 is 15.0 Å². The van der Waals surface area contributed by atoms with Gasteiger partial charge in [-0.2, -0.15) is 0 Å². The minimum absolute atomic E-state index is 0.0354. The van der Waals surface area contributed by atoms with Gasteiger partial charge in [0.15, 0.2) is 6.61 Å². The number of benzene rings is 1. The van der Waals surface area contributed by atoms with Crippen molar-refractivity contribution < 1.29 is 23.9 Å². The van der Waals surface area contributed by atoms with Crippen LogP contribution in [0.3, 0.4) is 0 Å². The zero-order chi connectivity index (χ0) is 21.4. The van der Waals surface area contributed by atoms with Crippen molar-refractivity contribution in [2.75, 3.05) is 19.7 Å². The quantitative estimate of drug-likeness (QED) is 0.704. The highest BCUT2D eigenvalue weighted by atomic mass is 16.5. The molecule has 1 aliphatic heterocycles. The Bertz CT molecular complexity index is 742. The third-order valence-electron chi connectivity index (χ3n) is 5.36. The number of rotatable bonds is 6. The maximum Gasteiger partial charge on any atom is 0.321 e. The molecular formula is C21H29N3O5. The molecule has 1 fully saturated rings. The lowest BCUT2D eigenvalue weighted by Crippen LogP contribution is -2.50. The van der Waals surface area contributed by atoms with Crippen LogP contribution in [0.4, 0.5) is 4.79 Å². The first-order valence-corrected chi connectivity index (χ1v) is 9.87. The van der Waals surface area contributed by atoms with Crippen molar-refractivity contribution in [1.29, 1.82) is 0 Å². The number of nitrogens with zero attached hydrogens (tertiary/aromatic N) is 1. The number of esters is 1. The molecule has 8 heteroatoms. The summed E-state index contributed by atoms with van der Waals surface area (Å²) in [5.41, 5.74) is -0.130. The Hall–Kier alpha value is -2.90. The fraction of sp³-hybridized carbons (Fsp3) is 0.524. The monoisotopic (exact) mass is 403 g/mol. The molecule has 0 aromatic heterocycles. The molecule has 8 nitrogen and oxygen atoms in total. The van der Waals surface area contributed by atoms with E-state index in [0.717, 1.165) is 12.0 Å². The predicted molar refractivity (Wildman–Crippen MR) is 107 cm³/mol. The molecule has 0 radical (unpaired) electrons. The summed E-state index contributed by atoms with van der Waals surface area (Å²) in [6.45, 7) is 5.56. The van der Waals surface area contributed by atoms with Gasteiger partial charge in [0.1, 0.15) is 0 Å². The predicted octanol–water partition coefficient (Wildman–Crippen LogP) is 1.73. The largest absolute Gasteiger partial charge is 0.455 e. The van der Waals surface area contributed by atoms with Crippen molar-refractivity contribution in [2.45, 2.75) is 51.5 Å². The number of likely N-dealkylation sites (tertiary alicyclic amines) is 1. The number of amides is 4. The van der Waals surface area contributed by atoms with Crippen molar-refractivity contribution in [3.8, 4) is 0 Å².